The summed E-state index contributed by atoms with van der Waals surface area (Å²) in [4.78, 5) is 28.1. The molecule has 2 amide bonds. The molecule has 1 aliphatic heterocycles. The molecule has 0 unspecified atom stereocenters. The first-order valence-corrected chi connectivity index (χ1v) is 8.88. The number of rotatable bonds is 6. The summed E-state index contributed by atoms with van der Waals surface area (Å²) < 4.78 is 5.58. The van der Waals surface area contributed by atoms with Crippen LogP contribution in [0.15, 0.2) is 59.6 Å². The molecule has 1 atom stereocenters. The van der Waals surface area contributed by atoms with Crippen molar-refractivity contribution in [1.29, 1.82) is 0 Å². The third-order valence-corrected chi connectivity index (χ3v) is 4.88. The zero-order valence-corrected chi connectivity index (χ0v) is 14.7. The lowest BCUT2D eigenvalue weighted by atomic mass is 10.2. The van der Waals surface area contributed by atoms with Crippen LogP contribution in [-0.4, -0.2) is 28.7 Å². The van der Waals surface area contributed by atoms with E-state index in [1.165, 1.54) is 11.8 Å². The summed E-state index contributed by atoms with van der Waals surface area (Å²) in [6.07, 6.45) is 0.0348. The van der Waals surface area contributed by atoms with Gasteiger partial charge in [-0.3, -0.25) is 9.59 Å². The van der Waals surface area contributed by atoms with Crippen molar-refractivity contribution in [3.8, 4) is 5.75 Å². The maximum Gasteiger partial charge on any atom is 0.260 e. The van der Waals surface area contributed by atoms with Crippen LogP contribution < -0.4 is 10.1 Å². The van der Waals surface area contributed by atoms with E-state index in [1.54, 1.807) is 24.3 Å². The van der Waals surface area contributed by atoms with Gasteiger partial charge in [-0.1, -0.05) is 53.7 Å². The maximum atomic E-state index is 12.1. The normalized spacial score (nSPS) is 16.4. The minimum absolute atomic E-state index is 0.0348. The molecule has 0 aromatic heterocycles. The minimum atomic E-state index is -0.531. The molecule has 1 heterocycles. The van der Waals surface area contributed by atoms with E-state index in [4.69, 9.17) is 16.3 Å². The number of halogens is 1. The molecule has 3 rings (SSSR count). The van der Waals surface area contributed by atoms with Gasteiger partial charge >= 0.3 is 0 Å². The van der Waals surface area contributed by atoms with E-state index in [9.17, 15) is 9.59 Å². The first-order chi connectivity index (χ1) is 12.1. The molecular weight excluding hydrogens is 360 g/mol. The van der Waals surface area contributed by atoms with Crippen LogP contribution in [0.4, 0.5) is 5.69 Å². The standard InChI is InChI=1S/C18H15ClN2O3S/c19-13-8-4-5-9-14(13)20-16(22)10-15-18(23)21-17(25-15)11-24-12-6-2-1-3-7-12/h1-9,15H,10-11H2,(H,20,22)/t15-/m0/s1. The molecule has 7 heteroatoms. The predicted molar refractivity (Wildman–Crippen MR) is 100 cm³/mol. The first-order valence-electron chi connectivity index (χ1n) is 7.62. The zero-order valence-electron chi connectivity index (χ0n) is 13.1. The van der Waals surface area contributed by atoms with Crippen molar-refractivity contribution in [1.82, 2.24) is 0 Å². The number of hydrogen-bond acceptors (Lipinski definition) is 4. The second-order valence-corrected chi connectivity index (χ2v) is 6.97. The summed E-state index contributed by atoms with van der Waals surface area (Å²) >= 11 is 7.27. The molecule has 0 radical (unpaired) electrons. The summed E-state index contributed by atoms with van der Waals surface area (Å²) in [5.74, 6) is 0.114. The third-order valence-electron chi connectivity index (χ3n) is 3.41. The molecule has 25 heavy (non-hydrogen) atoms. The highest BCUT2D eigenvalue weighted by Gasteiger charge is 2.30. The van der Waals surface area contributed by atoms with Crippen LogP contribution >= 0.6 is 23.4 Å². The Balaban J connectivity index is 1.50. The quantitative estimate of drug-likeness (QED) is 0.835. The summed E-state index contributed by atoms with van der Waals surface area (Å²) in [6.45, 7) is 0.211. The van der Waals surface area contributed by atoms with Crippen LogP contribution in [0.5, 0.6) is 5.75 Å². The van der Waals surface area contributed by atoms with Gasteiger partial charge in [0.1, 0.15) is 22.7 Å². The highest BCUT2D eigenvalue weighted by atomic mass is 35.5. The number of ether oxygens (including phenoxy) is 1. The number of benzene rings is 2. The summed E-state index contributed by atoms with van der Waals surface area (Å²) in [5.41, 5.74) is 0.526. The van der Waals surface area contributed by atoms with Gasteiger partial charge < -0.3 is 10.1 Å². The SMILES string of the molecule is O=C(C[C@@H]1SC(COc2ccccc2)=NC1=O)Nc1ccccc1Cl. The molecule has 2 aromatic rings. The van der Waals surface area contributed by atoms with Crippen LogP contribution in [0.2, 0.25) is 5.02 Å². The predicted octanol–water partition coefficient (Wildman–Crippen LogP) is 3.79. The Morgan fingerprint density at radius 3 is 2.64 bits per heavy atom. The van der Waals surface area contributed by atoms with Crippen molar-refractivity contribution in [2.24, 2.45) is 4.99 Å². The van der Waals surface area contributed by atoms with Gasteiger partial charge in [0.15, 0.2) is 0 Å². The summed E-state index contributed by atoms with van der Waals surface area (Å²) in [6, 6.07) is 16.2. The number of anilines is 1. The summed E-state index contributed by atoms with van der Waals surface area (Å²) in [7, 11) is 0. The number of nitrogens with zero attached hydrogens (tertiary/aromatic N) is 1. The zero-order chi connectivity index (χ0) is 17.6. The van der Waals surface area contributed by atoms with Gasteiger partial charge in [-0.25, -0.2) is 4.99 Å². The van der Waals surface area contributed by atoms with Gasteiger partial charge in [0.2, 0.25) is 5.91 Å². The fraction of sp³-hybridized carbons (Fsp3) is 0.167. The Kier molecular flexibility index (Phi) is 5.73. The van der Waals surface area contributed by atoms with Gasteiger partial charge in [-0.15, -0.1) is 0 Å². The fourth-order valence-electron chi connectivity index (χ4n) is 2.23. The van der Waals surface area contributed by atoms with Crippen molar-refractivity contribution in [3.63, 3.8) is 0 Å². The Labute approximate surface area is 154 Å². The van der Waals surface area contributed by atoms with Gasteiger partial charge in [-0.05, 0) is 24.3 Å². The average Bonchev–Trinajstić information content (AvgIpc) is 2.96. The van der Waals surface area contributed by atoms with E-state index in [0.29, 0.717) is 21.5 Å². The molecule has 2 aromatic carbocycles. The van der Waals surface area contributed by atoms with Crippen LogP contribution in [0.1, 0.15) is 6.42 Å². The lowest BCUT2D eigenvalue weighted by Crippen LogP contribution is -2.21. The van der Waals surface area contributed by atoms with Gasteiger partial charge in [0.25, 0.3) is 5.91 Å². The highest BCUT2D eigenvalue weighted by Crippen LogP contribution is 2.27. The van der Waals surface area contributed by atoms with E-state index < -0.39 is 5.25 Å². The minimum Gasteiger partial charge on any atom is -0.487 e. The first kappa shape index (κ1) is 17.5. The van der Waals surface area contributed by atoms with Crippen molar-refractivity contribution in [2.75, 3.05) is 11.9 Å². The maximum absolute atomic E-state index is 12.1. The molecule has 0 saturated carbocycles. The second-order valence-electron chi connectivity index (χ2n) is 5.28. The van der Waals surface area contributed by atoms with Crippen molar-refractivity contribution in [3.05, 3.63) is 59.6 Å². The molecule has 0 saturated heterocycles. The number of thioether (sulfide) groups is 1. The van der Waals surface area contributed by atoms with Gasteiger partial charge in [0, 0.05) is 6.42 Å². The number of carbonyl (C=O) groups is 2. The molecular formula is C18H15ClN2O3S. The van der Waals surface area contributed by atoms with E-state index in [1.807, 2.05) is 30.3 Å². The van der Waals surface area contributed by atoms with E-state index in [2.05, 4.69) is 10.3 Å². The van der Waals surface area contributed by atoms with Crippen molar-refractivity contribution in [2.45, 2.75) is 11.7 Å². The largest absolute Gasteiger partial charge is 0.487 e. The average molecular weight is 375 g/mol. The van der Waals surface area contributed by atoms with Crippen LogP contribution in [0, 0.1) is 0 Å². The molecule has 0 aliphatic carbocycles. The van der Waals surface area contributed by atoms with E-state index in [0.717, 1.165) is 0 Å². The second kappa shape index (κ2) is 8.18. The van der Waals surface area contributed by atoms with Crippen molar-refractivity contribution < 1.29 is 14.3 Å². The smallest absolute Gasteiger partial charge is 0.260 e. The number of carbonyl (C=O) groups excluding carboxylic acids is 2. The number of para-hydroxylation sites is 2. The van der Waals surface area contributed by atoms with Gasteiger partial charge in [0.05, 0.1) is 10.7 Å². The number of aliphatic imine (C=N–C) groups is 1. The van der Waals surface area contributed by atoms with E-state index in [-0.39, 0.29) is 24.8 Å². The monoisotopic (exact) mass is 374 g/mol. The summed E-state index contributed by atoms with van der Waals surface area (Å²) in [5, 5.41) is 3.21. The Bertz CT molecular complexity index is 811. The van der Waals surface area contributed by atoms with Crippen molar-refractivity contribution >= 4 is 45.9 Å². The Morgan fingerprint density at radius 1 is 1.16 bits per heavy atom. The molecule has 0 spiro atoms. The number of hydrogen-bond donors (Lipinski definition) is 1. The number of nitrogens with one attached hydrogen (secondary N) is 1. The number of amides is 2. The Morgan fingerprint density at radius 2 is 1.88 bits per heavy atom. The molecule has 0 fully saturated rings. The lowest BCUT2D eigenvalue weighted by Gasteiger charge is -2.10. The molecule has 128 valence electrons. The van der Waals surface area contributed by atoms with Gasteiger partial charge in [-0.2, -0.15) is 0 Å². The van der Waals surface area contributed by atoms with Crippen LogP contribution in [-0.2, 0) is 9.59 Å². The topological polar surface area (TPSA) is 67.8 Å². The molecule has 1 aliphatic rings. The van der Waals surface area contributed by atoms with Crippen LogP contribution in [0.25, 0.3) is 0 Å². The van der Waals surface area contributed by atoms with E-state index >= 15 is 0 Å². The fourth-order valence-corrected chi connectivity index (χ4v) is 3.39. The third kappa shape index (κ3) is 4.84. The lowest BCUT2D eigenvalue weighted by molar-refractivity contribution is -0.121. The highest BCUT2D eigenvalue weighted by molar-refractivity contribution is 8.15. The molecule has 0 bridgehead atoms. The molecule has 1 N–H and O–H groups in total. The van der Waals surface area contributed by atoms with Crippen LogP contribution in [0.3, 0.4) is 0 Å². The Hall–Kier alpha value is -2.31. The molecule has 5 nitrogen and oxygen atoms in total.